The van der Waals surface area contributed by atoms with Crippen molar-refractivity contribution in [2.24, 2.45) is 5.41 Å². The van der Waals surface area contributed by atoms with Gasteiger partial charge >= 0.3 is 0 Å². The summed E-state index contributed by atoms with van der Waals surface area (Å²) in [5, 5.41) is 9.06. The summed E-state index contributed by atoms with van der Waals surface area (Å²) in [7, 11) is 1.65. The fourth-order valence-corrected chi connectivity index (χ4v) is 2.20. The minimum absolute atomic E-state index is 0.0128. The van der Waals surface area contributed by atoms with E-state index in [-0.39, 0.29) is 18.3 Å². The molecule has 3 rings (SSSR count). The van der Waals surface area contributed by atoms with Gasteiger partial charge in [-0.2, -0.15) is 5.26 Å². The second-order valence-corrected chi connectivity index (χ2v) is 4.95. The van der Waals surface area contributed by atoms with E-state index >= 15 is 0 Å². The van der Waals surface area contributed by atoms with Gasteiger partial charge in [-0.1, -0.05) is 0 Å². The molecule has 0 aromatic heterocycles. The SMILES string of the molecule is CN1C(=O)COc2ccc(C(=O)C3(C#N)CC3)cc21. The van der Waals surface area contributed by atoms with Crippen molar-refractivity contribution in [3.63, 3.8) is 0 Å². The standard InChI is InChI=1S/C14H12N2O3/c1-16-10-6-9(13(18)14(8-15)4-5-14)2-3-11(10)19-7-12(16)17/h2-3,6H,4-5,7H2,1H3. The Bertz CT molecular complexity index is 626. The Balaban J connectivity index is 2.00. The molecule has 1 aliphatic carbocycles. The molecule has 1 aromatic rings. The van der Waals surface area contributed by atoms with Crippen LogP contribution >= 0.6 is 0 Å². The van der Waals surface area contributed by atoms with Crippen LogP contribution in [-0.4, -0.2) is 25.3 Å². The van der Waals surface area contributed by atoms with Crippen molar-refractivity contribution in [1.82, 2.24) is 0 Å². The van der Waals surface area contributed by atoms with E-state index in [0.29, 0.717) is 29.8 Å². The number of nitrogens with zero attached hydrogens (tertiary/aromatic N) is 2. The first-order chi connectivity index (χ1) is 9.07. The normalized spacial score (nSPS) is 19.2. The van der Waals surface area contributed by atoms with Gasteiger partial charge in [0.05, 0.1) is 11.8 Å². The molecule has 1 aliphatic heterocycles. The molecule has 0 saturated heterocycles. The molecule has 96 valence electrons. The highest BCUT2D eigenvalue weighted by Gasteiger charge is 2.50. The smallest absolute Gasteiger partial charge is 0.264 e. The van der Waals surface area contributed by atoms with Crippen LogP contribution in [0.3, 0.4) is 0 Å². The molecule has 1 amide bonds. The van der Waals surface area contributed by atoms with Crippen LogP contribution in [0.25, 0.3) is 0 Å². The zero-order valence-corrected chi connectivity index (χ0v) is 10.5. The Labute approximate surface area is 110 Å². The molecule has 0 bridgehead atoms. The van der Waals surface area contributed by atoms with E-state index in [4.69, 9.17) is 10.00 Å². The van der Waals surface area contributed by atoms with E-state index in [1.54, 1.807) is 25.2 Å². The molecule has 1 fully saturated rings. The summed E-state index contributed by atoms with van der Waals surface area (Å²) < 4.78 is 5.30. The second-order valence-electron chi connectivity index (χ2n) is 4.95. The van der Waals surface area contributed by atoms with Crippen molar-refractivity contribution in [2.45, 2.75) is 12.8 Å². The minimum Gasteiger partial charge on any atom is -0.482 e. The number of benzene rings is 1. The van der Waals surface area contributed by atoms with E-state index in [2.05, 4.69) is 6.07 Å². The van der Waals surface area contributed by atoms with E-state index in [1.807, 2.05) is 0 Å². The summed E-state index contributed by atoms with van der Waals surface area (Å²) in [5.41, 5.74) is 0.200. The van der Waals surface area contributed by atoms with Crippen LogP contribution in [0, 0.1) is 16.7 Å². The number of rotatable bonds is 2. The van der Waals surface area contributed by atoms with Gasteiger partial charge in [0.1, 0.15) is 11.2 Å². The summed E-state index contributed by atoms with van der Waals surface area (Å²) >= 11 is 0. The molecule has 2 aliphatic rings. The number of carbonyl (C=O) groups excluding carboxylic acids is 2. The van der Waals surface area contributed by atoms with Gasteiger partial charge in [-0.15, -0.1) is 0 Å². The molecule has 1 aromatic carbocycles. The number of amides is 1. The molecule has 1 heterocycles. The lowest BCUT2D eigenvalue weighted by Gasteiger charge is -2.26. The van der Waals surface area contributed by atoms with E-state index in [9.17, 15) is 9.59 Å². The number of hydrogen-bond donors (Lipinski definition) is 0. The molecular formula is C14H12N2O3. The number of likely N-dealkylation sites (N-methyl/N-ethyl adjacent to an activating group) is 1. The number of fused-ring (bicyclic) bond motifs is 1. The van der Waals surface area contributed by atoms with Crippen LogP contribution in [0.1, 0.15) is 23.2 Å². The molecule has 19 heavy (non-hydrogen) atoms. The van der Waals surface area contributed by atoms with Crippen LogP contribution < -0.4 is 9.64 Å². The highest BCUT2D eigenvalue weighted by atomic mass is 16.5. The third kappa shape index (κ3) is 1.68. The minimum atomic E-state index is -0.841. The van der Waals surface area contributed by atoms with Gasteiger partial charge in [0.2, 0.25) is 0 Å². The van der Waals surface area contributed by atoms with E-state index in [0.717, 1.165) is 0 Å². The summed E-state index contributed by atoms with van der Waals surface area (Å²) in [6.45, 7) is 0.0128. The first kappa shape index (κ1) is 11.7. The first-order valence-electron chi connectivity index (χ1n) is 6.07. The molecule has 5 heteroatoms. The lowest BCUT2D eigenvalue weighted by atomic mass is 9.95. The molecular weight excluding hydrogens is 244 g/mol. The maximum absolute atomic E-state index is 12.3. The Kier molecular flexibility index (Phi) is 2.36. The Morgan fingerprint density at radius 2 is 2.21 bits per heavy atom. The van der Waals surface area contributed by atoms with Gasteiger partial charge in [0, 0.05) is 12.6 Å². The summed E-state index contributed by atoms with van der Waals surface area (Å²) in [6.07, 6.45) is 1.23. The predicted octanol–water partition coefficient (Wildman–Crippen LogP) is 1.53. The van der Waals surface area contributed by atoms with E-state index in [1.165, 1.54) is 4.90 Å². The van der Waals surface area contributed by atoms with Crippen molar-refractivity contribution in [2.75, 3.05) is 18.6 Å². The van der Waals surface area contributed by atoms with Crippen LogP contribution in [-0.2, 0) is 4.79 Å². The van der Waals surface area contributed by atoms with Crippen molar-refractivity contribution >= 4 is 17.4 Å². The average molecular weight is 256 g/mol. The zero-order chi connectivity index (χ0) is 13.6. The lowest BCUT2D eigenvalue weighted by Crippen LogP contribution is -2.35. The zero-order valence-electron chi connectivity index (χ0n) is 10.5. The first-order valence-corrected chi connectivity index (χ1v) is 6.07. The molecule has 0 spiro atoms. The fourth-order valence-electron chi connectivity index (χ4n) is 2.20. The van der Waals surface area contributed by atoms with Crippen LogP contribution in [0.4, 0.5) is 5.69 Å². The molecule has 0 N–H and O–H groups in total. The van der Waals surface area contributed by atoms with E-state index < -0.39 is 5.41 Å². The van der Waals surface area contributed by atoms with Gasteiger partial charge in [0.15, 0.2) is 12.4 Å². The highest BCUT2D eigenvalue weighted by Crippen LogP contribution is 2.48. The Morgan fingerprint density at radius 3 is 2.84 bits per heavy atom. The number of hydrogen-bond acceptors (Lipinski definition) is 4. The third-order valence-corrected chi connectivity index (χ3v) is 3.71. The van der Waals surface area contributed by atoms with Crippen LogP contribution in [0.15, 0.2) is 18.2 Å². The number of Topliss-reactive ketones (excluding diaryl/α,β-unsaturated/α-hetero) is 1. The van der Waals surface area contributed by atoms with Crippen LogP contribution in [0.5, 0.6) is 5.75 Å². The number of anilines is 1. The molecule has 0 unspecified atom stereocenters. The van der Waals surface area contributed by atoms with Crippen molar-refractivity contribution in [3.05, 3.63) is 23.8 Å². The number of ketones is 1. The van der Waals surface area contributed by atoms with Gasteiger partial charge in [0.25, 0.3) is 5.91 Å². The quantitative estimate of drug-likeness (QED) is 0.752. The Morgan fingerprint density at radius 1 is 1.47 bits per heavy atom. The summed E-state index contributed by atoms with van der Waals surface area (Å²) in [4.78, 5) is 25.3. The third-order valence-electron chi connectivity index (χ3n) is 3.71. The van der Waals surface area contributed by atoms with Crippen molar-refractivity contribution in [1.29, 1.82) is 5.26 Å². The number of carbonyl (C=O) groups is 2. The maximum atomic E-state index is 12.3. The summed E-state index contributed by atoms with van der Waals surface area (Å²) in [6, 6.07) is 7.05. The van der Waals surface area contributed by atoms with Gasteiger partial charge in [-0.25, -0.2) is 0 Å². The summed E-state index contributed by atoms with van der Waals surface area (Å²) in [5.74, 6) is 0.267. The predicted molar refractivity (Wildman–Crippen MR) is 67.0 cm³/mol. The molecule has 1 saturated carbocycles. The van der Waals surface area contributed by atoms with Gasteiger partial charge < -0.3 is 9.64 Å². The van der Waals surface area contributed by atoms with Crippen LogP contribution in [0.2, 0.25) is 0 Å². The Hall–Kier alpha value is -2.35. The van der Waals surface area contributed by atoms with Gasteiger partial charge in [-0.05, 0) is 31.0 Å². The topological polar surface area (TPSA) is 70.4 Å². The maximum Gasteiger partial charge on any atom is 0.264 e. The van der Waals surface area contributed by atoms with Crippen molar-refractivity contribution in [3.8, 4) is 11.8 Å². The second kappa shape index (κ2) is 3.82. The highest BCUT2D eigenvalue weighted by molar-refractivity contribution is 6.06. The number of nitriles is 1. The lowest BCUT2D eigenvalue weighted by molar-refractivity contribution is -0.120. The molecule has 5 nitrogen and oxygen atoms in total. The van der Waals surface area contributed by atoms with Crippen molar-refractivity contribution < 1.29 is 14.3 Å². The fraction of sp³-hybridized carbons (Fsp3) is 0.357. The largest absolute Gasteiger partial charge is 0.482 e. The molecule has 0 atom stereocenters. The average Bonchev–Trinajstić information content (AvgIpc) is 3.23. The molecule has 0 radical (unpaired) electrons. The number of ether oxygens (including phenoxy) is 1. The monoisotopic (exact) mass is 256 g/mol. The van der Waals surface area contributed by atoms with Gasteiger partial charge in [-0.3, -0.25) is 9.59 Å².